The molecule has 0 aliphatic carbocycles. The first-order chi connectivity index (χ1) is 5.86. The van der Waals surface area contributed by atoms with Gasteiger partial charge in [0.1, 0.15) is 12.1 Å². The summed E-state index contributed by atoms with van der Waals surface area (Å²) in [5, 5.41) is 6.43. The summed E-state index contributed by atoms with van der Waals surface area (Å²) in [6.07, 6.45) is 3.19. The molecule has 0 atom stereocenters. The van der Waals surface area contributed by atoms with Crippen molar-refractivity contribution in [2.75, 3.05) is 5.73 Å². The van der Waals surface area contributed by atoms with E-state index in [1.54, 1.807) is 6.20 Å². The second-order valence-electron chi connectivity index (χ2n) is 1.96. The molecule has 62 valence electrons. The second-order valence-corrected chi connectivity index (χ2v) is 4.03. The molecule has 7 heteroatoms. The zero-order chi connectivity index (χ0) is 8.39. The number of nitrogens with two attached hydrogens (primary N) is 1. The lowest BCUT2D eigenvalue weighted by Crippen LogP contribution is -1.85. The van der Waals surface area contributed by atoms with Crippen LogP contribution in [0.5, 0.6) is 0 Å². The highest BCUT2D eigenvalue weighted by Crippen LogP contribution is 2.30. The number of hydrogen-bond acceptors (Lipinski definition) is 6. The minimum atomic E-state index is 0.565. The molecule has 0 amide bonds. The molecular formula is C5H5N5S2. The molecule has 0 fully saturated rings. The average Bonchev–Trinajstić information content (AvgIpc) is 2.65. The van der Waals surface area contributed by atoms with E-state index < -0.39 is 0 Å². The van der Waals surface area contributed by atoms with Gasteiger partial charge in [-0.1, -0.05) is 11.8 Å². The van der Waals surface area contributed by atoms with Crippen molar-refractivity contribution in [2.45, 2.75) is 9.24 Å². The fourth-order valence-electron chi connectivity index (χ4n) is 0.668. The summed E-state index contributed by atoms with van der Waals surface area (Å²) in [4.78, 5) is 4.89. The zero-order valence-electron chi connectivity index (χ0n) is 5.89. The molecule has 0 saturated heterocycles. The molecule has 2 heterocycles. The normalized spacial score (nSPS) is 10.3. The van der Waals surface area contributed by atoms with Gasteiger partial charge in [0.2, 0.25) is 0 Å². The first-order valence-corrected chi connectivity index (χ1v) is 4.68. The number of H-pyrrole nitrogens is 1. The topological polar surface area (TPSA) is 80.5 Å². The lowest BCUT2D eigenvalue weighted by Gasteiger charge is -1.91. The predicted molar refractivity (Wildman–Crippen MR) is 47.0 cm³/mol. The fraction of sp³-hybridized carbons (Fsp3) is 0. The Morgan fingerprint density at radius 3 is 3.08 bits per heavy atom. The van der Waals surface area contributed by atoms with Crippen LogP contribution >= 0.6 is 23.3 Å². The van der Waals surface area contributed by atoms with Crippen molar-refractivity contribution in [1.29, 1.82) is 0 Å². The van der Waals surface area contributed by atoms with Gasteiger partial charge in [0.05, 0.1) is 11.1 Å². The highest BCUT2D eigenvalue weighted by molar-refractivity contribution is 8.01. The van der Waals surface area contributed by atoms with Crippen LogP contribution in [0.4, 0.5) is 5.82 Å². The van der Waals surface area contributed by atoms with Gasteiger partial charge in [0.25, 0.3) is 0 Å². The number of aromatic nitrogens is 4. The molecule has 12 heavy (non-hydrogen) atoms. The van der Waals surface area contributed by atoms with Crippen molar-refractivity contribution in [3.8, 4) is 0 Å². The molecule has 2 aromatic rings. The Balaban J connectivity index is 2.20. The lowest BCUT2D eigenvalue weighted by molar-refractivity contribution is 1.10. The molecule has 0 saturated carbocycles. The SMILES string of the molecule is Nc1[nH]ncc1Sc1ncns1. The third-order valence-corrected chi connectivity index (χ3v) is 2.93. The van der Waals surface area contributed by atoms with E-state index >= 15 is 0 Å². The molecule has 2 aromatic heterocycles. The van der Waals surface area contributed by atoms with Crippen molar-refractivity contribution < 1.29 is 0 Å². The third kappa shape index (κ3) is 1.41. The zero-order valence-corrected chi connectivity index (χ0v) is 7.52. The number of nitrogens with one attached hydrogen (secondary N) is 1. The van der Waals surface area contributed by atoms with Crippen LogP contribution in [0.2, 0.25) is 0 Å². The molecule has 3 N–H and O–H groups in total. The molecule has 0 radical (unpaired) electrons. The highest BCUT2D eigenvalue weighted by Gasteiger charge is 2.05. The lowest BCUT2D eigenvalue weighted by atomic mass is 10.7. The summed E-state index contributed by atoms with van der Waals surface area (Å²) < 4.78 is 4.73. The summed E-state index contributed by atoms with van der Waals surface area (Å²) in [6, 6.07) is 0. The Hall–Kier alpha value is -1.08. The molecular weight excluding hydrogens is 194 g/mol. The largest absolute Gasteiger partial charge is 0.383 e. The van der Waals surface area contributed by atoms with Crippen LogP contribution in [0.3, 0.4) is 0 Å². The van der Waals surface area contributed by atoms with Crippen molar-refractivity contribution in [3.05, 3.63) is 12.5 Å². The Morgan fingerprint density at radius 1 is 1.58 bits per heavy atom. The summed E-state index contributed by atoms with van der Waals surface area (Å²) in [7, 11) is 0. The fourth-order valence-corrected chi connectivity index (χ4v) is 2.04. The Bertz CT molecular complexity index is 354. The average molecular weight is 199 g/mol. The van der Waals surface area contributed by atoms with Crippen LogP contribution in [-0.2, 0) is 0 Å². The third-order valence-electron chi connectivity index (χ3n) is 1.17. The number of hydrogen-bond donors (Lipinski definition) is 2. The maximum atomic E-state index is 5.57. The molecule has 0 unspecified atom stereocenters. The molecule has 2 rings (SSSR count). The van der Waals surface area contributed by atoms with Crippen LogP contribution < -0.4 is 5.73 Å². The van der Waals surface area contributed by atoms with E-state index in [-0.39, 0.29) is 0 Å². The van der Waals surface area contributed by atoms with Gasteiger partial charge in [-0.3, -0.25) is 5.10 Å². The number of nitrogen functional groups attached to an aromatic ring is 1. The molecule has 0 spiro atoms. The highest BCUT2D eigenvalue weighted by atomic mass is 32.2. The van der Waals surface area contributed by atoms with Gasteiger partial charge in [0, 0.05) is 0 Å². The Kier molecular flexibility index (Phi) is 1.96. The summed E-state index contributed by atoms with van der Waals surface area (Å²) in [5.41, 5.74) is 5.57. The monoisotopic (exact) mass is 199 g/mol. The first-order valence-electron chi connectivity index (χ1n) is 3.09. The maximum absolute atomic E-state index is 5.57. The van der Waals surface area contributed by atoms with Crippen molar-refractivity contribution >= 4 is 29.1 Å². The smallest absolute Gasteiger partial charge is 0.174 e. The van der Waals surface area contributed by atoms with Crippen LogP contribution in [0.15, 0.2) is 21.8 Å². The quantitative estimate of drug-likeness (QED) is 0.754. The van der Waals surface area contributed by atoms with E-state index in [2.05, 4.69) is 19.6 Å². The molecule has 0 bridgehead atoms. The molecule has 5 nitrogen and oxygen atoms in total. The predicted octanol–water partition coefficient (Wildman–Crippen LogP) is 0.995. The number of aromatic amines is 1. The first kappa shape index (κ1) is 7.56. The van der Waals surface area contributed by atoms with Crippen molar-refractivity contribution in [2.24, 2.45) is 0 Å². The van der Waals surface area contributed by atoms with Gasteiger partial charge < -0.3 is 5.73 Å². The Labute approximate surface area is 76.6 Å². The molecule has 0 aliphatic heterocycles. The summed E-state index contributed by atoms with van der Waals surface area (Å²) in [5.74, 6) is 0.565. The van der Waals surface area contributed by atoms with E-state index in [0.29, 0.717) is 5.82 Å². The van der Waals surface area contributed by atoms with Gasteiger partial charge in [-0.2, -0.15) is 9.47 Å². The molecule has 0 aliphatic rings. The number of anilines is 1. The van der Waals surface area contributed by atoms with E-state index in [4.69, 9.17) is 5.73 Å². The van der Waals surface area contributed by atoms with Crippen molar-refractivity contribution in [3.63, 3.8) is 0 Å². The van der Waals surface area contributed by atoms with Crippen LogP contribution in [-0.4, -0.2) is 19.6 Å². The standard InChI is InChI=1S/C5H5N5S2/c6-4-3(1-8-10-4)11-5-7-2-9-12-5/h1-2H,(H3,6,8,10). The number of rotatable bonds is 2. The van der Waals surface area contributed by atoms with Gasteiger partial charge >= 0.3 is 0 Å². The van der Waals surface area contributed by atoms with Gasteiger partial charge in [-0.15, -0.1) is 0 Å². The van der Waals surface area contributed by atoms with Crippen LogP contribution in [0.1, 0.15) is 0 Å². The van der Waals surface area contributed by atoms with E-state index in [1.807, 2.05) is 0 Å². The second kappa shape index (κ2) is 3.11. The molecule has 0 aromatic carbocycles. The van der Waals surface area contributed by atoms with Gasteiger partial charge in [-0.25, -0.2) is 4.98 Å². The Morgan fingerprint density at radius 2 is 2.50 bits per heavy atom. The maximum Gasteiger partial charge on any atom is 0.174 e. The summed E-state index contributed by atoms with van der Waals surface area (Å²) >= 11 is 2.79. The summed E-state index contributed by atoms with van der Waals surface area (Å²) in [6.45, 7) is 0. The van der Waals surface area contributed by atoms with Crippen molar-refractivity contribution in [1.82, 2.24) is 19.6 Å². The van der Waals surface area contributed by atoms with E-state index in [1.165, 1.54) is 29.6 Å². The number of nitrogens with zero attached hydrogens (tertiary/aromatic N) is 3. The van der Waals surface area contributed by atoms with E-state index in [9.17, 15) is 0 Å². The van der Waals surface area contributed by atoms with Crippen LogP contribution in [0.25, 0.3) is 0 Å². The van der Waals surface area contributed by atoms with Gasteiger partial charge in [-0.05, 0) is 11.5 Å². The van der Waals surface area contributed by atoms with Crippen LogP contribution in [0, 0.1) is 0 Å². The minimum Gasteiger partial charge on any atom is -0.383 e. The minimum absolute atomic E-state index is 0.565. The van der Waals surface area contributed by atoms with E-state index in [0.717, 1.165) is 9.24 Å². The van der Waals surface area contributed by atoms with Gasteiger partial charge in [0.15, 0.2) is 4.34 Å².